The number of nitrogens with zero attached hydrogens (tertiary/aromatic N) is 1. The zero-order valence-corrected chi connectivity index (χ0v) is 19.3. The lowest BCUT2D eigenvalue weighted by atomic mass is 9.84. The minimum Gasteiger partial charge on any atom is -0.493 e. The van der Waals surface area contributed by atoms with Crippen LogP contribution in [-0.2, 0) is 11.3 Å². The third-order valence-electron chi connectivity index (χ3n) is 5.86. The van der Waals surface area contributed by atoms with Crippen LogP contribution < -0.4 is 20.1 Å². The molecule has 7 nitrogen and oxygen atoms in total. The van der Waals surface area contributed by atoms with E-state index < -0.39 is 0 Å². The SMILES string of the molecule is CCNC(=O)N1C[C@H](C(=O)NCc2cccc(C)c2)C[C@@H](c2ccc(OC)c(OC)c2)C1. The van der Waals surface area contributed by atoms with Crippen molar-refractivity contribution >= 4 is 11.9 Å². The largest absolute Gasteiger partial charge is 0.493 e. The number of rotatable bonds is 7. The third kappa shape index (κ3) is 5.72. The molecule has 172 valence electrons. The Kier molecular flexibility index (Phi) is 7.98. The summed E-state index contributed by atoms with van der Waals surface area (Å²) < 4.78 is 10.8. The van der Waals surface area contributed by atoms with Crippen molar-refractivity contribution in [2.24, 2.45) is 5.92 Å². The van der Waals surface area contributed by atoms with E-state index in [1.54, 1.807) is 19.1 Å². The fraction of sp³-hybridized carbons (Fsp3) is 0.440. The molecule has 0 spiro atoms. The van der Waals surface area contributed by atoms with Gasteiger partial charge in [0.15, 0.2) is 11.5 Å². The number of urea groups is 1. The highest BCUT2D eigenvalue weighted by atomic mass is 16.5. The second kappa shape index (κ2) is 10.9. The van der Waals surface area contributed by atoms with Gasteiger partial charge in [-0.05, 0) is 43.5 Å². The Hall–Kier alpha value is -3.22. The molecule has 1 heterocycles. The molecule has 1 aliphatic heterocycles. The van der Waals surface area contributed by atoms with E-state index in [9.17, 15) is 9.59 Å². The molecule has 1 saturated heterocycles. The second-order valence-corrected chi connectivity index (χ2v) is 8.19. The number of likely N-dealkylation sites (tertiary alicyclic amines) is 1. The van der Waals surface area contributed by atoms with Crippen LogP contribution in [0, 0.1) is 12.8 Å². The second-order valence-electron chi connectivity index (χ2n) is 8.19. The molecule has 32 heavy (non-hydrogen) atoms. The van der Waals surface area contributed by atoms with Crippen molar-refractivity contribution in [3.8, 4) is 11.5 Å². The van der Waals surface area contributed by atoms with Crippen LogP contribution in [0.2, 0.25) is 0 Å². The Morgan fingerprint density at radius 3 is 2.50 bits per heavy atom. The van der Waals surface area contributed by atoms with Gasteiger partial charge in [0.2, 0.25) is 5.91 Å². The summed E-state index contributed by atoms with van der Waals surface area (Å²) >= 11 is 0. The molecule has 2 aromatic carbocycles. The van der Waals surface area contributed by atoms with Crippen molar-refractivity contribution in [2.45, 2.75) is 32.7 Å². The number of benzene rings is 2. The van der Waals surface area contributed by atoms with Crippen molar-refractivity contribution in [3.63, 3.8) is 0 Å². The predicted molar refractivity (Wildman–Crippen MR) is 124 cm³/mol. The first-order chi connectivity index (χ1) is 15.4. The predicted octanol–water partition coefficient (Wildman–Crippen LogP) is 3.46. The fourth-order valence-corrected chi connectivity index (χ4v) is 4.22. The van der Waals surface area contributed by atoms with Gasteiger partial charge in [0, 0.05) is 32.1 Å². The van der Waals surface area contributed by atoms with Crippen LogP contribution in [0.3, 0.4) is 0 Å². The standard InChI is InChI=1S/C25H33N3O4/c1-5-26-25(30)28-15-20(19-9-10-22(31-3)23(13-19)32-4)12-21(16-28)24(29)27-14-18-8-6-7-17(2)11-18/h6-11,13,20-21H,5,12,14-16H2,1-4H3,(H,26,30)(H,27,29)/t20-,21-/m1/s1. The number of hydrogen-bond acceptors (Lipinski definition) is 4. The van der Waals surface area contributed by atoms with Crippen LogP contribution in [0.25, 0.3) is 0 Å². The molecule has 0 radical (unpaired) electrons. The Balaban J connectivity index is 1.77. The van der Waals surface area contributed by atoms with E-state index in [1.807, 2.05) is 50.2 Å². The molecule has 3 amide bonds. The first kappa shape index (κ1) is 23.4. The molecule has 0 bridgehead atoms. The molecule has 3 rings (SSSR count). The van der Waals surface area contributed by atoms with Crippen molar-refractivity contribution in [1.82, 2.24) is 15.5 Å². The Morgan fingerprint density at radius 1 is 1.03 bits per heavy atom. The maximum absolute atomic E-state index is 13.1. The summed E-state index contributed by atoms with van der Waals surface area (Å²) in [6.07, 6.45) is 0.658. The number of aryl methyl sites for hydroxylation is 1. The minimum absolute atomic E-state index is 0.0147. The number of ether oxygens (including phenoxy) is 2. The molecular weight excluding hydrogens is 406 g/mol. The highest BCUT2D eigenvalue weighted by Crippen LogP contribution is 2.35. The highest BCUT2D eigenvalue weighted by molar-refractivity contribution is 5.81. The van der Waals surface area contributed by atoms with E-state index in [2.05, 4.69) is 16.7 Å². The summed E-state index contributed by atoms with van der Waals surface area (Å²) in [5.41, 5.74) is 3.24. The molecular formula is C25H33N3O4. The molecule has 0 aliphatic carbocycles. The van der Waals surface area contributed by atoms with Gasteiger partial charge in [-0.3, -0.25) is 4.79 Å². The lowest BCUT2D eigenvalue weighted by Gasteiger charge is -2.37. The molecule has 0 aromatic heterocycles. The van der Waals surface area contributed by atoms with Crippen LogP contribution >= 0.6 is 0 Å². The lowest BCUT2D eigenvalue weighted by molar-refractivity contribution is -0.126. The van der Waals surface area contributed by atoms with Gasteiger partial charge in [-0.1, -0.05) is 35.9 Å². The topological polar surface area (TPSA) is 79.9 Å². The van der Waals surface area contributed by atoms with Crippen molar-refractivity contribution in [2.75, 3.05) is 33.9 Å². The van der Waals surface area contributed by atoms with E-state index in [4.69, 9.17) is 9.47 Å². The van der Waals surface area contributed by atoms with Gasteiger partial charge < -0.3 is 25.0 Å². The number of amides is 3. The average molecular weight is 440 g/mol. The molecule has 2 atom stereocenters. The van der Waals surface area contributed by atoms with Gasteiger partial charge in [0.1, 0.15) is 0 Å². The average Bonchev–Trinajstić information content (AvgIpc) is 2.82. The van der Waals surface area contributed by atoms with Gasteiger partial charge >= 0.3 is 6.03 Å². The zero-order chi connectivity index (χ0) is 23.1. The lowest BCUT2D eigenvalue weighted by Crippen LogP contribution is -2.51. The fourth-order valence-electron chi connectivity index (χ4n) is 4.22. The van der Waals surface area contributed by atoms with E-state index in [0.29, 0.717) is 44.1 Å². The van der Waals surface area contributed by atoms with Crippen molar-refractivity contribution in [3.05, 3.63) is 59.2 Å². The van der Waals surface area contributed by atoms with Gasteiger partial charge in [-0.25, -0.2) is 4.79 Å². The van der Waals surface area contributed by atoms with Crippen LogP contribution in [-0.4, -0.2) is 50.7 Å². The Bertz CT molecular complexity index is 947. The Labute approximate surface area is 190 Å². The van der Waals surface area contributed by atoms with Crippen LogP contribution in [0.15, 0.2) is 42.5 Å². The molecule has 0 unspecified atom stereocenters. The number of carbonyl (C=O) groups excluding carboxylic acids is 2. The molecule has 1 aliphatic rings. The summed E-state index contributed by atoms with van der Waals surface area (Å²) in [4.78, 5) is 27.4. The summed E-state index contributed by atoms with van der Waals surface area (Å²) in [5.74, 6) is 0.974. The smallest absolute Gasteiger partial charge is 0.317 e. The van der Waals surface area contributed by atoms with Gasteiger partial charge in [0.05, 0.1) is 20.1 Å². The number of methoxy groups -OCH3 is 2. The number of hydrogen-bond donors (Lipinski definition) is 2. The van der Waals surface area contributed by atoms with E-state index in [-0.39, 0.29) is 23.8 Å². The van der Waals surface area contributed by atoms with E-state index in [0.717, 1.165) is 16.7 Å². The van der Waals surface area contributed by atoms with Crippen molar-refractivity contribution in [1.29, 1.82) is 0 Å². The first-order valence-electron chi connectivity index (χ1n) is 11.0. The molecule has 0 saturated carbocycles. The molecule has 7 heteroatoms. The third-order valence-corrected chi connectivity index (χ3v) is 5.86. The number of carbonyl (C=O) groups is 2. The number of piperidine rings is 1. The van der Waals surface area contributed by atoms with Crippen LogP contribution in [0.4, 0.5) is 4.79 Å². The van der Waals surface area contributed by atoms with E-state index in [1.165, 1.54) is 0 Å². The zero-order valence-electron chi connectivity index (χ0n) is 19.3. The molecule has 2 N–H and O–H groups in total. The van der Waals surface area contributed by atoms with E-state index >= 15 is 0 Å². The molecule has 2 aromatic rings. The Morgan fingerprint density at radius 2 is 1.81 bits per heavy atom. The summed E-state index contributed by atoms with van der Waals surface area (Å²) in [7, 11) is 3.20. The number of nitrogens with one attached hydrogen (secondary N) is 2. The molecule has 1 fully saturated rings. The summed E-state index contributed by atoms with van der Waals surface area (Å²) in [6, 6.07) is 13.7. The van der Waals surface area contributed by atoms with Gasteiger partial charge in [-0.15, -0.1) is 0 Å². The highest BCUT2D eigenvalue weighted by Gasteiger charge is 2.34. The summed E-state index contributed by atoms with van der Waals surface area (Å²) in [6.45, 7) is 5.88. The van der Waals surface area contributed by atoms with Gasteiger partial charge in [0.25, 0.3) is 0 Å². The maximum Gasteiger partial charge on any atom is 0.317 e. The summed E-state index contributed by atoms with van der Waals surface area (Å²) in [5, 5.41) is 5.92. The quantitative estimate of drug-likeness (QED) is 0.692. The first-order valence-corrected chi connectivity index (χ1v) is 11.0. The minimum atomic E-state index is -0.297. The normalized spacial score (nSPS) is 18.1. The van der Waals surface area contributed by atoms with Crippen molar-refractivity contribution < 1.29 is 19.1 Å². The maximum atomic E-state index is 13.1. The monoisotopic (exact) mass is 439 g/mol. The van der Waals surface area contributed by atoms with Gasteiger partial charge in [-0.2, -0.15) is 0 Å². The van der Waals surface area contributed by atoms with Crippen LogP contribution in [0.1, 0.15) is 36.0 Å². The van der Waals surface area contributed by atoms with Crippen LogP contribution in [0.5, 0.6) is 11.5 Å².